The average Bonchev–Trinajstić information content (AvgIpc) is 2.07. The first-order valence-electron chi connectivity index (χ1n) is 4.61. The Morgan fingerprint density at radius 2 is 1.00 bits per heavy atom. The van der Waals surface area contributed by atoms with Crippen LogP contribution in [0.1, 0.15) is 27.7 Å². The minimum absolute atomic E-state index is 0.394. The maximum Gasteiger partial charge on any atom is 0.209 e. The first-order chi connectivity index (χ1) is 5.28. The molecule has 0 aliphatic carbocycles. The summed E-state index contributed by atoms with van der Waals surface area (Å²) < 4.78 is 5.04. The Labute approximate surface area is 73.5 Å². The second kappa shape index (κ2) is 6.82. The van der Waals surface area contributed by atoms with Crippen molar-refractivity contribution in [3.8, 4) is 0 Å². The Morgan fingerprint density at radius 1 is 0.727 bits per heavy atom. The Bertz CT molecular complexity index is 70.2. The number of hydrogen-bond donors (Lipinski definition) is 0. The largest absolute Gasteiger partial charge is 0.315 e. The predicted molar refractivity (Wildman–Crippen MR) is 53.0 cm³/mol. The summed E-state index contributed by atoms with van der Waals surface area (Å²) in [6.07, 6.45) is 0. The van der Waals surface area contributed by atoms with Gasteiger partial charge in [0.2, 0.25) is 9.84 Å². The second-order valence-electron chi connectivity index (χ2n) is 2.56. The zero-order chi connectivity index (χ0) is 8.69. The number of hydrogen-bond acceptors (Lipinski definition) is 2. The van der Waals surface area contributed by atoms with E-state index in [0.29, 0.717) is 9.84 Å². The van der Waals surface area contributed by atoms with Crippen LogP contribution < -0.4 is 0 Å². The molecule has 11 heavy (non-hydrogen) atoms. The molecule has 0 atom stereocenters. The van der Waals surface area contributed by atoms with E-state index < -0.39 is 0 Å². The van der Waals surface area contributed by atoms with Gasteiger partial charge >= 0.3 is 0 Å². The van der Waals surface area contributed by atoms with E-state index in [1.165, 1.54) is 26.2 Å². The Balaban J connectivity index is 3.58. The fraction of sp³-hybridized carbons (Fsp3) is 1.00. The molecule has 0 rings (SSSR count). The van der Waals surface area contributed by atoms with Crippen LogP contribution >= 0.6 is 0 Å². The third kappa shape index (κ3) is 4.56. The van der Waals surface area contributed by atoms with Crippen molar-refractivity contribution in [2.24, 2.45) is 0 Å². The van der Waals surface area contributed by atoms with Crippen LogP contribution in [0.5, 0.6) is 0 Å². The van der Waals surface area contributed by atoms with Gasteiger partial charge < -0.3 is 9.13 Å². The summed E-state index contributed by atoms with van der Waals surface area (Å²) in [5.41, 5.74) is 0. The summed E-state index contributed by atoms with van der Waals surface area (Å²) in [6.45, 7) is 13.7. The zero-order valence-electron chi connectivity index (χ0n) is 8.30. The summed E-state index contributed by atoms with van der Waals surface area (Å²) in [4.78, 5) is 0. The topological polar surface area (TPSA) is 6.48 Å². The van der Waals surface area contributed by atoms with Crippen LogP contribution in [0.15, 0.2) is 0 Å². The molecule has 0 spiro atoms. The molecule has 0 heterocycles. The molecule has 0 N–H and O–H groups in total. The van der Waals surface area contributed by atoms with E-state index in [1.54, 1.807) is 0 Å². The summed E-state index contributed by atoms with van der Waals surface area (Å²) >= 11 is 0. The lowest BCUT2D eigenvalue weighted by Crippen LogP contribution is -2.41. The lowest BCUT2D eigenvalue weighted by Gasteiger charge is -2.25. The molecule has 0 aromatic heterocycles. The summed E-state index contributed by atoms with van der Waals surface area (Å²) in [6, 6.07) is 0. The number of rotatable bonds is 6. The second-order valence-corrected chi connectivity index (χ2v) is 4.25. The molecule has 2 nitrogen and oxygen atoms in total. The van der Waals surface area contributed by atoms with E-state index in [-0.39, 0.29) is 0 Å². The summed E-state index contributed by atoms with van der Waals surface area (Å²) in [5, 5.41) is 0. The lowest BCUT2D eigenvalue weighted by atomic mass is 10.7. The van der Waals surface area contributed by atoms with Gasteiger partial charge in [0.1, 0.15) is 0 Å². The molecule has 0 aromatic carbocycles. The SMILES string of the molecule is CCN(CC)[SiH]N(CC)CC. The van der Waals surface area contributed by atoms with Gasteiger partial charge in [-0.15, -0.1) is 0 Å². The molecule has 0 saturated carbocycles. The van der Waals surface area contributed by atoms with Crippen molar-refractivity contribution in [3.63, 3.8) is 0 Å². The fourth-order valence-corrected chi connectivity index (χ4v) is 2.12. The molecule has 0 aliphatic heterocycles. The van der Waals surface area contributed by atoms with Crippen molar-refractivity contribution in [2.45, 2.75) is 27.7 Å². The van der Waals surface area contributed by atoms with Gasteiger partial charge in [-0.1, -0.05) is 27.7 Å². The molecule has 0 amide bonds. The van der Waals surface area contributed by atoms with Crippen molar-refractivity contribution in [3.05, 3.63) is 0 Å². The van der Waals surface area contributed by atoms with Crippen LogP contribution in [-0.2, 0) is 0 Å². The highest BCUT2D eigenvalue weighted by Crippen LogP contribution is 1.89. The van der Waals surface area contributed by atoms with Gasteiger partial charge in [-0.3, -0.25) is 0 Å². The highest BCUT2D eigenvalue weighted by molar-refractivity contribution is 6.28. The van der Waals surface area contributed by atoms with Crippen molar-refractivity contribution >= 4 is 9.84 Å². The molecule has 67 valence electrons. The Kier molecular flexibility index (Phi) is 6.91. The molecular weight excluding hydrogens is 152 g/mol. The van der Waals surface area contributed by atoms with E-state index in [9.17, 15) is 0 Å². The van der Waals surface area contributed by atoms with Crippen LogP contribution in [0.25, 0.3) is 0 Å². The molecule has 0 fully saturated rings. The maximum atomic E-state index is 2.52. The first kappa shape index (κ1) is 11.1. The quantitative estimate of drug-likeness (QED) is 0.552. The first-order valence-corrected chi connectivity index (χ1v) is 5.64. The van der Waals surface area contributed by atoms with Crippen molar-refractivity contribution in [2.75, 3.05) is 26.2 Å². The van der Waals surface area contributed by atoms with Crippen LogP contribution in [0.3, 0.4) is 0 Å². The van der Waals surface area contributed by atoms with Crippen molar-refractivity contribution < 1.29 is 0 Å². The molecule has 0 saturated heterocycles. The van der Waals surface area contributed by atoms with E-state index >= 15 is 0 Å². The third-order valence-corrected chi connectivity index (χ3v) is 4.07. The highest BCUT2D eigenvalue weighted by Gasteiger charge is 2.05. The minimum Gasteiger partial charge on any atom is -0.315 e. The zero-order valence-corrected chi connectivity index (χ0v) is 9.45. The van der Waals surface area contributed by atoms with Gasteiger partial charge in [0, 0.05) is 0 Å². The highest BCUT2D eigenvalue weighted by atomic mass is 28.2. The van der Waals surface area contributed by atoms with E-state index in [0.717, 1.165) is 0 Å². The van der Waals surface area contributed by atoms with Gasteiger partial charge in [0.05, 0.1) is 0 Å². The maximum absolute atomic E-state index is 2.52. The normalized spacial score (nSPS) is 11.5. The van der Waals surface area contributed by atoms with Crippen LogP contribution in [0.4, 0.5) is 0 Å². The Morgan fingerprint density at radius 3 is 1.18 bits per heavy atom. The molecule has 0 bridgehead atoms. The van der Waals surface area contributed by atoms with E-state index in [1.807, 2.05) is 0 Å². The monoisotopic (exact) mass is 173 g/mol. The fourth-order valence-electron chi connectivity index (χ4n) is 1.00. The van der Waals surface area contributed by atoms with Crippen LogP contribution in [0.2, 0.25) is 0 Å². The van der Waals surface area contributed by atoms with Crippen molar-refractivity contribution in [1.82, 2.24) is 9.13 Å². The van der Waals surface area contributed by atoms with Gasteiger partial charge in [-0.25, -0.2) is 0 Å². The molecule has 3 heteroatoms. The minimum atomic E-state index is 0.394. The predicted octanol–water partition coefficient (Wildman–Crippen LogP) is 0.936. The molecule has 0 aromatic rings. The molecule has 1 radical (unpaired) electrons. The van der Waals surface area contributed by atoms with Gasteiger partial charge in [-0.05, 0) is 26.2 Å². The van der Waals surface area contributed by atoms with E-state index in [4.69, 9.17) is 0 Å². The lowest BCUT2D eigenvalue weighted by molar-refractivity contribution is 0.401. The smallest absolute Gasteiger partial charge is 0.209 e. The van der Waals surface area contributed by atoms with E-state index in [2.05, 4.69) is 36.8 Å². The summed E-state index contributed by atoms with van der Waals surface area (Å²) in [7, 11) is 0.394. The Hall–Kier alpha value is 0.137. The van der Waals surface area contributed by atoms with Gasteiger partial charge in [-0.2, -0.15) is 0 Å². The van der Waals surface area contributed by atoms with Crippen LogP contribution in [0, 0.1) is 0 Å². The number of nitrogens with zero attached hydrogens (tertiary/aromatic N) is 2. The van der Waals surface area contributed by atoms with Gasteiger partial charge in [0.25, 0.3) is 0 Å². The standard InChI is InChI=1S/C8H21N2Si/c1-5-9(6-2)11-10(7-3)8-4/h11H,5-8H2,1-4H3. The summed E-state index contributed by atoms with van der Waals surface area (Å²) in [5.74, 6) is 0. The van der Waals surface area contributed by atoms with Crippen molar-refractivity contribution in [1.29, 1.82) is 0 Å². The molecule has 0 unspecified atom stereocenters. The molecular formula is C8H21N2Si. The third-order valence-electron chi connectivity index (χ3n) is 1.95. The van der Waals surface area contributed by atoms with Crippen LogP contribution in [-0.4, -0.2) is 45.2 Å². The van der Waals surface area contributed by atoms with Gasteiger partial charge in [0.15, 0.2) is 0 Å². The molecule has 0 aliphatic rings. The average molecular weight is 173 g/mol.